The summed E-state index contributed by atoms with van der Waals surface area (Å²) in [5.74, 6) is 0. The van der Waals surface area contributed by atoms with Gasteiger partial charge in [0, 0.05) is 5.33 Å². The number of carbonyl (C=O) groups is 1. The van der Waals surface area contributed by atoms with Crippen LogP contribution in [0.25, 0.3) is 0 Å². The van der Waals surface area contributed by atoms with E-state index in [0.717, 1.165) is 10.9 Å². The van der Waals surface area contributed by atoms with Crippen LogP contribution in [-0.2, 0) is 16.5 Å². The number of benzene rings is 2. The summed E-state index contributed by atoms with van der Waals surface area (Å²) in [6.07, 6.45) is 0.318. The third kappa shape index (κ3) is 6.00. The second-order valence-electron chi connectivity index (χ2n) is 6.77. The van der Waals surface area contributed by atoms with Gasteiger partial charge in [0.15, 0.2) is 0 Å². The standard InChI is InChI=1S/C20H24BrNO2/c1-20(2,3)24-19(23)22-18(13-15-8-5-4-6-9-15)17-11-7-10-16(12-17)14-21/h4-12,18H,13-14H2,1-3H3,(H,22,23). The predicted molar refractivity (Wildman–Crippen MR) is 101 cm³/mol. The first-order valence-electron chi connectivity index (χ1n) is 8.05. The molecule has 1 N–H and O–H groups in total. The summed E-state index contributed by atoms with van der Waals surface area (Å²) in [4.78, 5) is 12.2. The van der Waals surface area contributed by atoms with Crippen LogP contribution in [-0.4, -0.2) is 11.7 Å². The van der Waals surface area contributed by atoms with Gasteiger partial charge in [-0.2, -0.15) is 0 Å². The van der Waals surface area contributed by atoms with Gasteiger partial charge in [-0.1, -0.05) is 70.5 Å². The van der Waals surface area contributed by atoms with Crippen molar-refractivity contribution >= 4 is 22.0 Å². The molecule has 0 fully saturated rings. The third-order valence-corrected chi connectivity index (χ3v) is 4.13. The summed E-state index contributed by atoms with van der Waals surface area (Å²) in [6, 6.07) is 18.2. The van der Waals surface area contributed by atoms with Crippen molar-refractivity contribution in [2.45, 2.75) is 44.2 Å². The summed E-state index contributed by atoms with van der Waals surface area (Å²) >= 11 is 3.49. The second kappa shape index (κ2) is 8.34. The molecule has 2 aromatic rings. The zero-order valence-corrected chi connectivity index (χ0v) is 16.0. The van der Waals surface area contributed by atoms with E-state index >= 15 is 0 Å². The number of nitrogens with one attached hydrogen (secondary N) is 1. The normalized spacial score (nSPS) is 12.5. The number of rotatable bonds is 5. The molecule has 0 aliphatic carbocycles. The molecule has 0 radical (unpaired) electrons. The van der Waals surface area contributed by atoms with Crippen molar-refractivity contribution in [2.24, 2.45) is 0 Å². The van der Waals surface area contributed by atoms with Crippen LogP contribution in [0, 0.1) is 0 Å². The highest BCUT2D eigenvalue weighted by atomic mass is 79.9. The van der Waals surface area contributed by atoms with Gasteiger partial charge < -0.3 is 10.1 Å². The van der Waals surface area contributed by atoms with E-state index < -0.39 is 11.7 Å². The number of hydrogen-bond donors (Lipinski definition) is 1. The zero-order valence-electron chi connectivity index (χ0n) is 14.4. The number of hydrogen-bond acceptors (Lipinski definition) is 2. The molecule has 2 rings (SSSR count). The Morgan fingerprint density at radius 2 is 1.75 bits per heavy atom. The van der Waals surface area contributed by atoms with Crippen molar-refractivity contribution < 1.29 is 9.53 Å². The molecule has 0 spiro atoms. The molecule has 1 atom stereocenters. The van der Waals surface area contributed by atoms with Crippen LogP contribution in [0.4, 0.5) is 4.79 Å². The van der Waals surface area contributed by atoms with Crippen molar-refractivity contribution in [2.75, 3.05) is 0 Å². The summed E-state index contributed by atoms with van der Waals surface area (Å²) in [7, 11) is 0. The molecule has 128 valence electrons. The maximum Gasteiger partial charge on any atom is 0.408 e. The van der Waals surface area contributed by atoms with E-state index in [1.807, 2.05) is 51.1 Å². The van der Waals surface area contributed by atoms with Gasteiger partial charge in [0.25, 0.3) is 0 Å². The first kappa shape index (κ1) is 18.5. The number of amides is 1. The minimum atomic E-state index is -0.515. The van der Waals surface area contributed by atoms with E-state index in [1.54, 1.807) is 0 Å². The summed E-state index contributed by atoms with van der Waals surface area (Å²) < 4.78 is 5.42. The fraction of sp³-hybridized carbons (Fsp3) is 0.350. The first-order chi connectivity index (χ1) is 11.4. The molecule has 1 amide bonds. The molecular weight excluding hydrogens is 366 g/mol. The summed E-state index contributed by atoms with van der Waals surface area (Å²) in [5, 5.41) is 3.80. The molecule has 1 unspecified atom stereocenters. The molecule has 0 saturated carbocycles. The largest absolute Gasteiger partial charge is 0.444 e. The van der Waals surface area contributed by atoms with Crippen molar-refractivity contribution in [3.8, 4) is 0 Å². The Morgan fingerprint density at radius 1 is 1.08 bits per heavy atom. The van der Waals surface area contributed by atoms with Gasteiger partial charge in [-0.05, 0) is 43.9 Å². The number of alkyl carbamates (subject to hydrolysis) is 1. The lowest BCUT2D eigenvalue weighted by molar-refractivity contribution is 0.0503. The molecule has 0 heterocycles. The van der Waals surface area contributed by atoms with E-state index in [9.17, 15) is 4.79 Å². The number of carbonyl (C=O) groups excluding carboxylic acids is 1. The van der Waals surface area contributed by atoms with Crippen molar-refractivity contribution in [3.63, 3.8) is 0 Å². The fourth-order valence-electron chi connectivity index (χ4n) is 2.44. The van der Waals surface area contributed by atoms with E-state index in [1.165, 1.54) is 11.1 Å². The van der Waals surface area contributed by atoms with Gasteiger partial charge in [-0.25, -0.2) is 4.79 Å². The molecule has 2 aromatic carbocycles. The predicted octanol–water partition coefficient (Wildman–Crippen LogP) is 5.39. The van der Waals surface area contributed by atoms with Crippen LogP contribution in [0.15, 0.2) is 54.6 Å². The number of halogens is 1. The van der Waals surface area contributed by atoms with Crippen LogP contribution in [0.2, 0.25) is 0 Å². The summed E-state index contributed by atoms with van der Waals surface area (Å²) in [5.41, 5.74) is 2.90. The summed E-state index contributed by atoms with van der Waals surface area (Å²) in [6.45, 7) is 5.60. The van der Waals surface area contributed by atoms with Crippen molar-refractivity contribution in [1.29, 1.82) is 0 Å². The Bertz CT molecular complexity index is 665. The molecule has 0 aromatic heterocycles. The Morgan fingerprint density at radius 3 is 2.38 bits per heavy atom. The zero-order chi connectivity index (χ0) is 17.6. The van der Waals surface area contributed by atoms with E-state index in [-0.39, 0.29) is 6.04 Å². The van der Waals surface area contributed by atoms with Crippen LogP contribution in [0.5, 0.6) is 0 Å². The van der Waals surface area contributed by atoms with Gasteiger partial charge >= 0.3 is 6.09 Å². The van der Waals surface area contributed by atoms with Crippen molar-refractivity contribution in [1.82, 2.24) is 5.32 Å². The van der Waals surface area contributed by atoms with Crippen LogP contribution < -0.4 is 5.32 Å². The Kier molecular flexibility index (Phi) is 6.44. The maximum absolute atomic E-state index is 12.2. The van der Waals surface area contributed by atoms with Gasteiger partial charge in [0.1, 0.15) is 5.60 Å². The van der Waals surface area contributed by atoms with Gasteiger partial charge in [-0.15, -0.1) is 0 Å². The van der Waals surface area contributed by atoms with Gasteiger partial charge in [-0.3, -0.25) is 0 Å². The molecular formula is C20H24BrNO2. The second-order valence-corrected chi connectivity index (χ2v) is 7.33. The van der Waals surface area contributed by atoms with Crippen molar-refractivity contribution in [3.05, 3.63) is 71.3 Å². The SMILES string of the molecule is CC(C)(C)OC(=O)NC(Cc1ccccc1)c1cccc(CBr)c1. The van der Waals surface area contributed by atoms with E-state index in [4.69, 9.17) is 4.74 Å². The van der Waals surface area contributed by atoms with E-state index in [0.29, 0.717) is 6.42 Å². The van der Waals surface area contributed by atoms with Crippen LogP contribution >= 0.6 is 15.9 Å². The fourth-order valence-corrected chi connectivity index (χ4v) is 2.79. The topological polar surface area (TPSA) is 38.3 Å². The molecule has 0 saturated heterocycles. The minimum Gasteiger partial charge on any atom is -0.444 e. The average molecular weight is 390 g/mol. The molecule has 24 heavy (non-hydrogen) atoms. The Hall–Kier alpha value is -1.81. The lowest BCUT2D eigenvalue weighted by atomic mass is 9.98. The third-order valence-electron chi connectivity index (χ3n) is 3.48. The number of ether oxygens (including phenoxy) is 1. The molecule has 0 aliphatic rings. The highest BCUT2D eigenvalue weighted by molar-refractivity contribution is 9.08. The maximum atomic E-state index is 12.2. The van der Waals surface area contributed by atoms with Crippen LogP contribution in [0.3, 0.4) is 0 Å². The van der Waals surface area contributed by atoms with Crippen LogP contribution in [0.1, 0.15) is 43.5 Å². The minimum absolute atomic E-state index is 0.138. The number of alkyl halides is 1. The first-order valence-corrected chi connectivity index (χ1v) is 9.18. The lowest BCUT2D eigenvalue weighted by Crippen LogP contribution is -2.35. The molecule has 0 bridgehead atoms. The highest BCUT2D eigenvalue weighted by Gasteiger charge is 2.21. The van der Waals surface area contributed by atoms with Gasteiger partial charge in [0.05, 0.1) is 6.04 Å². The average Bonchev–Trinajstić information content (AvgIpc) is 2.53. The smallest absolute Gasteiger partial charge is 0.408 e. The quantitative estimate of drug-likeness (QED) is 0.696. The van der Waals surface area contributed by atoms with E-state index in [2.05, 4.69) is 45.5 Å². The monoisotopic (exact) mass is 389 g/mol. The highest BCUT2D eigenvalue weighted by Crippen LogP contribution is 2.21. The van der Waals surface area contributed by atoms with Gasteiger partial charge in [0.2, 0.25) is 0 Å². The molecule has 0 aliphatic heterocycles. The Labute approximate surface area is 152 Å². The Balaban J connectivity index is 2.22. The molecule has 3 nitrogen and oxygen atoms in total. The lowest BCUT2D eigenvalue weighted by Gasteiger charge is -2.24. The molecule has 4 heteroatoms.